The standard InChI is InChI=1S/C16H22FNO2/c17-12-4-5-14(18)15(10-12)20-13-6-9-19-16(11-13)7-2-1-3-8-16/h4-5,10,13H,1-3,6-9,11,18H2. The van der Waals surface area contributed by atoms with Crippen LogP contribution in [0.4, 0.5) is 10.1 Å². The molecule has 0 radical (unpaired) electrons. The average molecular weight is 279 g/mol. The van der Waals surface area contributed by atoms with E-state index in [9.17, 15) is 4.39 Å². The van der Waals surface area contributed by atoms with Crippen LogP contribution >= 0.6 is 0 Å². The van der Waals surface area contributed by atoms with Gasteiger partial charge in [0.15, 0.2) is 0 Å². The maximum absolute atomic E-state index is 13.3. The van der Waals surface area contributed by atoms with Crippen molar-refractivity contribution in [1.29, 1.82) is 0 Å². The van der Waals surface area contributed by atoms with E-state index in [1.54, 1.807) is 6.07 Å². The van der Waals surface area contributed by atoms with Crippen LogP contribution in [0.5, 0.6) is 5.75 Å². The number of nitrogens with two attached hydrogens (primary N) is 1. The molecule has 1 aliphatic heterocycles. The number of ether oxygens (including phenoxy) is 2. The van der Waals surface area contributed by atoms with Gasteiger partial charge in [0, 0.05) is 18.9 Å². The fourth-order valence-electron chi connectivity index (χ4n) is 3.42. The second-order valence-corrected chi connectivity index (χ2v) is 6.01. The fraction of sp³-hybridized carbons (Fsp3) is 0.625. The second kappa shape index (κ2) is 5.60. The third-order valence-electron chi connectivity index (χ3n) is 4.48. The third-order valence-corrected chi connectivity index (χ3v) is 4.48. The Kier molecular flexibility index (Phi) is 3.83. The van der Waals surface area contributed by atoms with Crippen molar-refractivity contribution in [3.05, 3.63) is 24.0 Å². The molecule has 20 heavy (non-hydrogen) atoms. The molecule has 1 aromatic rings. The molecule has 0 aromatic heterocycles. The lowest BCUT2D eigenvalue weighted by Crippen LogP contribution is -2.45. The molecule has 110 valence electrons. The van der Waals surface area contributed by atoms with Gasteiger partial charge < -0.3 is 15.2 Å². The Bertz CT molecular complexity index is 466. The van der Waals surface area contributed by atoms with Gasteiger partial charge in [0.05, 0.1) is 17.9 Å². The quantitative estimate of drug-likeness (QED) is 0.840. The number of rotatable bonds is 2. The van der Waals surface area contributed by atoms with Crippen LogP contribution in [0.15, 0.2) is 18.2 Å². The van der Waals surface area contributed by atoms with Crippen LogP contribution in [0.2, 0.25) is 0 Å². The summed E-state index contributed by atoms with van der Waals surface area (Å²) in [7, 11) is 0. The van der Waals surface area contributed by atoms with E-state index in [4.69, 9.17) is 15.2 Å². The number of hydrogen-bond acceptors (Lipinski definition) is 3. The summed E-state index contributed by atoms with van der Waals surface area (Å²) in [5, 5.41) is 0. The van der Waals surface area contributed by atoms with E-state index in [1.807, 2.05) is 0 Å². The van der Waals surface area contributed by atoms with Crippen LogP contribution in [-0.4, -0.2) is 18.3 Å². The van der Waals surface area contributed by atoms with Crippen LogP contribution < -0.4 is 10.5 Å². The van der Waals surface area contributed by atoms with E-state index in [-0.39, 0.29) is 17.5 Å². The Morgan fingerprint density at radius 1 is 1.25 bits per heavy atom. The molecule has 1 spiro atoms. The van der Waals surface area contributed by atoms with Crippen LogP contribution in [0, 0.1) is 5.82 Å². The van der Waals surface area contributed by atoms with Gasteiger partial charge in [0.1, 0.15) is 17.7 Å². The zero-order chi connectivity index (χ0) is 14.0. The van der Waals surface area contributed by atoms with Crippen molar-refractivity contribution in [2.45, 2.75) is 56.7 Å². The highest BCUT2D eigenvalue weighted by Crippen LogP contribution is 2.40. The Morgan fingerprint density at radius 2 is 2.05 bits per heavy atom. The van der Waals surface area contributed by atoms with Gasteiger partial charge >= 0.3 is 0 Å². The molecule has 2 aliphatic rings. The molecular formula is C16H22FNO2. The number of halogens is 1. The van der Waals surface area contributed by atoms with Gasteiger partial charge in [-0.1, -0.05) is 19.3 Å². The maximum Gasteiger partial charge on any atom is 0.145 e. The lowest BCUT2D eigenvalue weighted by Gasteiger charge is -2.43. The second-order valence-electron chi connectivity index (χ2n) is 6.01. The largest absolute Gasteiger partial charge is 0.488 e. The summed E-state index contributed by atoms with van der Waals surface area (Å²) in [6, 6.07) is 4.29. The summed E-state index contributed by atoms with van der Waals surface area (Å²) in [4.78, 5) is 0. The summed E-state index contributed by atoms with van der Waals surface area (Å²) < 4.78 is 25.3. The fourth-order valence-corrected chi connectivity index (χ4v) is 3.42. The maximum atomic E-state index is 13.3. The smallest absolute Gasteiger partial charge is 0.145 e. The van der Waals surface area contributed by atoms with Gasteiger partial charge in [0.25, 0.3) is 0 Å². The van der Waals surface area contributed by atoms with E-state index < -0.39 is 0 Å². The van der Waals surface area contributed by atoms with Crippen LogP contribution in [0.3, 0.4) is 0 Å². The van der Waals surface area contributed by atoms with E-state index in [0.717, 1.165) is 32.3 Å². The molecule has 1 heterocycles. The summed E-state index contributed by atoms with van der Waals surface area (Å²) in [6.45, 7) is 0.722. The lowest BCUT2D eigenvalue weighted by molar-refractivity contribution is -0.129. The van der Waals surface area contributed by atoms with Gasteiger partial charge in [-0.25, -0.2) is 4.39 Å². The summed E-state index contributed by atoms with van der Waals surface area (Å²) >= 11 is 0. The first kappa shape index (κ1) is 13.7. The van der Waals surface area contributed by atoms with Gasteiger partial charge in [-0.15, -0.1) is 0 Å². The predicted molar refractivity (Wildman–Crippen MR) is 76.2 cm³/mol. The van der Waals surface area contributed by atoms with Gasteiger partial charge in [-0.3, -0.25) is 0 Å². The molecule has 2 N–H and O–H groups in total. The molecule has 3 rings (SSSR count). The minimum Gasteiger partial charge on any atom is -0.488 e. The average Bonchev–Trinajstić information content (AvgIpc) is 2.44. The Balaban J connectivity index is 1.69. The molecule has 1 aromatic carbocycles. The van der Waals surface area contributed by atoms with Gasteiger partial charge in [-0.2, -0.15) is 0 Å². The monoisotopic (exact) mass is 279 g/mol. The first-order valence-electron chi connectivity index (χ1n) is 7.53. The molecule has 0 bridgehead atoms. The van der Waals surface area contributed by atoms with Crippen molar-refractivity contribution in [2.24, 2.45) is 0 Å². The van der Waals surface area contributed by atoms with Crippen molar-refractivity contribution in [1.82, 2.24) is 0 Å². The Hall–Kier alpha value is -1.29. The SMILES string of the molecule is Nc1ccc(F)cc1OC1CCOC2(CCCCC2)C1. The van der Waals surface area contributed by atoms with Crippen molar-refractivity contribution < 1.29 is 13.9 Å². The van der Waals surface area contributed by atoms with E-state index in [2.05, 4.69) is 0 Å². The molecule has 1 saturated carbocycles. The first-order valence-corrected chi connectivity index (χ1v) is 7.53. The summed E-state index contributed by atoms with van der Waals surface area (Å²) in [5.41, 5.74) is 6.34. The van der Waals surface area contributed by atoms with Crippen LogP contribution in [0.1, 0.15) is 44.9 Å². The normalized spacial score (nSPS) is 25.6. The van der Waals surface area contributed by atoms with E-state index in [0.29, 0.717) is 11.4 Å². The van der Waals surface area contributed by atoms with Crippen LogP contribution in [0.25, 0.3) is 0 Å². The predicted octanol–water partition coefficient (Wildman–Crippen LogP) is 3.67. The summed E-state index contributed by atoms with van der Waals surface area (Å²) in [5.74, 6) is 0.150. The van der Waals surface area contributed by atoms with Crippen molar-refractivity contribution in [2.75, 3.05) is 12.3 Å². The topological polar surface area (TPSA) is 44.5 Å². The molecule has 3 nitrogen and oxygen atoms in total. The Morgan fingerprint density at radius 3 is 2.85 bits per heavy atom. The van der Waals surface area contributed by atoms with E-state index in [1.165, 1.54) is 31.4 Å². The molecule has 2 fully saturated rings. The minimum atomic E-state index is -0.311. The van der Waals surface area contributed by atoms with Gasteiger partial charge in [-0.05, 0) is 25.0 Å². The van der Waals surface area contributed by atoms with E-state index >= 15 is 0 Å². The number of anilines is 1. The molecule has 1 saturated heterocycles. The number of benzene rings is 1. The molecule has 4 heteroatoms. The van der Waals surface area contributed by atoms with Crippen LogP contribution in [-0.2, 0) is 4.74 Å². The number of nitrogen functional groups attached to an aromatic ring is 1. The third kappa shape index (κ3) is 2.90. The Labute approximate surface area is 119 Å². The molecule has 1 atom stereocenters. The molecular weight excluding hydrogens is 257 g/mol. The highest BCUT2D eigenvalue weighted by Gasteiger charge is 2.39. The number of hydrogen-bond donors (Lipinski definition) is 1. The van der Waals surface area contributed by atoms with Gasteiger partial charge in [0.2, 0.25) is 0 Å². The lowest BCUT2D eigenvalue weighted by atomic mass is 9.79. The highest BCUT2D eigenvalue weighted by atomic mass is 19.1. The molecule has 1 aliphatic carbocycles. The first-order chi connectivity index (χ1) is 9.67. The summed E-state index contributed by atoms with van der Waals surface area (Å²) in [6.07, 6.45) is 7.81. The molecule has 0 amide bonds. The van der Waals surface area contributed by atoms with Crippen molar-refractivity contribution in [3.8, 4) is 5.75 Å². The zero-order valence-electron chi connectivity index (χ0n) is 11.7. The highest BCUT2D eigenvalue weighted by molar-refractivity contribution is 5.52. The van der Waals surface area contributed by atoms with Crippen molar-refractivity contribution >= 4 is 5.69 Å². The zero-order valence-corrected chi connectivity index (χ0v) is 11.7. The molecule has 1 unspecified atom stereocenters. The minimum absolute atomic E-state index is 0.0107. The van der Waals surface area contributed by atoms with Crippen molar-refractivity contribution in [3.63, 3.8) is 0 Å².